The van der Waals surface area contributed by atoms with Gasteiger partial charge in [0.25, 0.3) is 5.69 Å². The number of fused-ring (bicyclic) bond motifs is 1. The van der Waals surface area contributed by atoms with E-state index < -0.39 is 39.8 Å². The van der Waals surface area contributed by atoms with Gasteiger partial charge in [-0.2, -0.15) is 0 Å². The Bertz CT molecular complexity index is 1460. The molecule has 0 spiro atoms. The van der Waals surface area contributed by atoms with Gasteiger partial charge < -0.3 is 25.5 Å². The summed E-state index contributed by atoms with van der Waals surface area (Å²) in [5.41, 5.74) is 4.17. The highest BCUT2D eigenvalue weighted by Crippen LogP contribution is 2.38. The number of amides is 2. The minimum Gasteiger partial charge on any atom is -0.477 e. The molecule has 1 aliphatic heterocycles. The highest BCUT2D eigenvalue weighted by atomic mass is 16.6. The van der Waals surface area contributed by atoms with Crippen molar-refractivity contribution in [3.05, 3.63) is 81.3 Å². The van der Waals surface area contributed by atoms with E-state index >= 15 is 0 Å². The molecule has 0 aliphatic carbocycles. The molecule has 13 nitrogen and oxygen atoms in total. The third-order valence-corrected chi connectivity index (χ3v) is 5.15. The van der Waals surface area contributed by atoms with Crippen molar-refractivity contribution in [2.75, 3.05) is 10.2 Å². The lowest BCUT2D eigenvalue weighted by Crippen LogP contribution is -2.38. The van der Waals surface area contributed by atoms with Gasteiger partial charge in [-0.05, 0) is 18.2 Å². The number of benzene rings is 2. The quantitative estimate of drug-likeness (QED) is 0.274. The van der Waals surface area contributed by atoms with Crippen LogP contribution < -0.4 is 21.4 Å². The summed E-state index contributed by atoms with van der Waals surface area (Å²) in [6.45, 7) is 0. The lowest BCUT2D eigenvalue weighted by atomic mass is 10.1. The van der Waals surface area contributed by atoms with Gasteiger partial charge in [-0.1, -0.05) is 18.2 Å². The van der Waals surface area contributed by atoms with E-state index in [0.29, 0.717) is 12.0 Å². The summed E-state index contributed by atoms with van der Waals surface area (Å²) in [4.78, 5) is 63.7. The molecule has 3 aromatic rings. The smallest absolute Gasteiger partial charge is 0.352 e. The molecule has 0 radical (unpaired) electrons. The predicted octanol–water partition coefficient (Wildman–Crippen LogP) is 2.11. The Hall–Kier alpha value is -5.33. The highest BCUT2D eigenvalue weighted by molar-refractivity contribution is 6.42. The summed E-state index contributed by atoms with van der Waals surface area (Å²) in [6, 6.07) is 9.28. The molecule has 1 aliphatic rings. The predicted molar refractivity (Wildman–Crippen MR) is 125 cm³/mol. The fraction of sp³-hybridized carbons (Fsp3) is 0.0455. The maximum Gasteiger partial charge on any atom is 0.352 e. The molecular formula is C22H16N6O7. The average Bonchev–Trinajstić information content (AvgIpc) is 2.84. The van der Waals surface area contributed by atoms with E-state index in [1.807, 2.05) is 0 Å². The van der Waals surface area contributed by atoms with E-state index in [1.54, 1.807) is 30.3 Å². The van der Waals surface area contributed by atoms with Crippen molar-refractivity contribution >= 4 is 52.4 Å². The Labute approximate surface area is 195 Å². The number of carbonyl (C=O) groups is 3. The number of nitro benzene ring substituents is 1. The van der Waals surface area contributed by atoms with E-state index in [2.05, 4.69) is 10.3 Å². The first kappa shape index (κ1) is 22.8. The number of nitrogens with one attached hydrogen (secondary N) is 1. The van der Waals surface area contributed by atoms with Crippen LogP contribution in [0.1, 0.15) is 0 Å². The lowest BCUT2D eigenvalue weighted by molar-refractivity contribution is -0.384. The number of aromatic nitrogens is 1. The Morgan fingerprint density at radius 3 is 2.54 bits per heavy atom. The summed E-state index contributed by atoms with van der Waals surface area (Å²) in [7, 11) is 0. The molecule has 2 amide bonds. The number of carboxylic acids is 1. The number of nitrogens with two attached hydrogens (primary N) is 1. The van der Waals surface area contributed by atoms with Crippen molar-refractivity contribution in [1.29, 1.82) is 0 Å². The zero-order valence-corrected chi connectivity index (χ0v) is 17.7. The van der Waals surface area contributed by atoms with Crippen LogP contribution in [-0.2, 0) is 9.59 Å². The normalized spacial score (nSPS) is 14.2. The number of carboxylic acid groups (broad SMARTS) is 1. The molecule has 176 valence electrons. The molecule has 13 heteroatoms. The Morgan fingerprint density at radius 2 is 1.94 bits per heavy atom. The SMILES string of the molecule is NC(=O)N(c1ccccc1)c1cn(-c2cc3c(cc2[N+](=O)[O-])NC(C=O)C(C(=O)O)=N3)ccc1=O. The van der Waals surface area contributed by atoms with Crippen molar-refractivity contribution in [3.8, 4) is 5.69 Å². The van der Waals surface area contributed by atoms with Gasteiger partial charge in [0.2, 0.25) is 5.43 Å². The number of hydrogen-bond donors (Lipinski definition) is 3. The molecule has 0 saturated heterocycles. The molecule has 1 aromatic heterocycles. The summed E-state index contributed by atoms with van der Waals surface area (Å²) in [6.07, 6.45) is 2.77. The zero-order chi connectivity index (χ0) is 25.3. The van der Waals surface area contributed by atoms with Gasteiger partial charge in [0.1, 0.15) is 23.7 Å². The second-order valence-corrected chi connectivity index (χ2v) is 7.29. The minimum absolute atomic E-state index is 0.0242. The van der Waals surface area contributed by atoms with Crippen LogP contribution in [-0.4, -0.2) is 44.6 Å². The first-order chi connectivity index (χ1) is 16.7. The monoisotopic (exact) mass is 476 g/mol. The number of anilines is 3. The Morgan fingerprint density at radius 1 is 1.23 bits per heavy atom. The number of primary amides is 1. The minimum atomic E-state index is -1.44. The molecule has 35 heavy (non-hydrogen) atoms. The van der Waals surface area contributed by atoms with Crippen LogP contribution >= 0.6 is 0 Å². The van der Waals surface area contributed by atoms with Crippen LogP contribution in [0, 0.1) is 10.1 Å². The number of urea groups is 1. The summed E-state index contributed by atoms with van der Waals surface area (Å²) < 4.78 is 1.22. The number of rotatable bonds is 6. The molecular weight excluding hydrogens is 460 g/mol. The summed E-state index contributed by atoms with van der Waals surface area (Å²) in [5, 5.41) is 23.8. The van der Waals surface area contributed by atoms with Gasteiger partial charge in [-0.25, -0.2) is 14.6 Å². The van der Waals surface area contributed by atoms with Gasteiger partial charge >= 0.3 is 12.0 Å². The molecule has 0 bridgehead atoms. The van der Waals surface area contributed by atoms with E-state index in [0.717, 1.165) is 17.0 Å². The number of pyridine rings is 1. The van der Waals surface area contributed by atoms with Crippen molar-refractivity contribution in [2.24, 2.45) is 10.7 Å². The van der Waals surface area contributed by atoms with Crippen LogP contribution in [0.25, 0.3) is 5.69 Å². The molecule has 2 heterocycles. The van der Waals surface area contributed by atoms with Gasteiger partial charge in [0.05, 0.1) is 22.0 Å². The fourth-order valence-corrected chi connectivity index (χ4v) is 3.59. The van der Waals surface area contributed by atoms with Gasteiger partial charge in [-0.15, -0.1) is 0 Å². The molecule has 1 unspecified atom stereocenters. The number of aliphatic imine (C=N–C) groups is 1. The van der Waals surface area contributed by atoms with Crippen molar-refractivity contribution in [2.45, 2.75) is 6.04 Å². The van der Waals surface area contributed by atoms with Crippen LogP contribution in [0.15, 0.2) is 70.7 Å². The van der Waals surface area contributed by atoms with Crippen LogP contribution in [0.2, 0.25) is 0 Å². The number of carbonyl (C=O) groups excluding carboxylic acids is 2. The largest absolute Gasteiger partial charge is 0.477 e. The number of aliphatic carboxylic acids is 1. The average molecular weight is 476 g/mol. The van der Waals surface area contributed by atoms with Gasteiger partial charge in [0, 0.05) is 24.5 Å². The topological polar surface area (TPSA) is 190 Å². The van der Waals surface area contributed by atoms with E-state index in [4.69, 9.17) is 5.73 Å². The van der Waals surface area contributed by atoms with E-state index in [-0.39, 0.29) is 22.7 Å². The number of aldehydes is 1. The Balaban J connectivity index is 1.92. The number of nitro groups is 1. The van der Waals surface area contributed by atoms with E-state index in [1.165, 1.54) is 23.0 Å². The molecule has 2 aromatic carbocycles. The fourth-order valence-electron chi connectivity index (χ4n) is 3.59. The maximum absolute atomic E-state index is 12.6. The third-order valence-electron chi connectivity index (χ3n) is 5.15. The van der Waals surface area contributed by atoms with Crippen molar-refractivity contribution < 1.29 is 24.4 Å². The molecule has 4 N–H and O–H groups in total. The van der Waals surface area contributed by atoms with E-state index in [9.17, 15) is 34.4 Å². The van der Waals surface area contributed by atoms with Crippen molar-refractivity contribution in [3.63, 3.8) is 0 Å². The standard InChI is InChI=1S/C22H16N6O7/c23-22(33)27(12-4-2-1-3-5-12)18-10-26(7-6-19(18)30)16-8-14-13(9-17(16)28(34)35)24-15(11-29)20(25-14)21(31)32/h1-11,15,24H,(H2,23,33)(H,31,32). The number of hydrogen-bond acceptors (Lipinski definition) is 8. The summed E-state index contributed by atoms with van der Waals surface area (Å²) in [5.74, 6) is -1.44. The first-order valence-corrected chi connectivity index (χ1v) is 9.94. The molecule has 0 saturated carbocycles. The zero-order valence-electron chi connectivity index (χ0n) is 17.7. The lowest BCUT2D eigenvalue weighted by Gasteiger charge is -2.23. The van der Waals surface area contributed by atoms with Crippen molar-refractivity contribution in [1.82, 2.24) is 4.57 Å². The highest BCUT2D eigenvalue weighted by Gasteiger charge is 2.30. The van der Waals surface area contributed by atoms with Crippen LogP contribution in [0.5, 0.6) is 0 Å². The maximum atomic E-state index is 12.6. The third kappa shape index (κ3) is 4.20. The van der Waals surface area contributed by atoms with Crippen LogP contribution in [0.4, 0.5) is 33.2 Å². The van der Waals surface area contributed by atoms with Gasteiger partial charge in [-0.3, -0.25) is 19.8 Å². The summed E-state index contributed by atoms with van der Waals surface area (Å²) >= 11 is 0. The molecule has 4 rings (SSSR count). The number of nitrogens with zero attached hydrogens (tertiary/aromatic N) is 4. The number of para-hydroxylation sites is 1. The second kappa shape index (κ2) is 8.90. The van der Waals surface area contributed by atoms with Crippen LogP contribution in [0.3, 0.4) is 0 Å². The second-order valence-electron chi connectivity index (χ2n) is 7.29. The molecule has 0 fully saturated rings. The Kier molecular flexibility index (Phi) is 5.81. The first-order valence-electron chi connectivity index (χ1n) is 9.94. The molecule has 1 atom stereocenters. The van der Waals surface area contributed by atoms with Gasteiger partial charge in [0.15, 0.2) is 5.71 Å².